The molecule has 31 heavy (non-hydrogen) atoms. The minimum atomic E-state index is -4.24. The molecule has 1 atom stereocenters. The average molecular weight is 465 g/mol. The highest BCUT2D eigenvalue weighted by Crippen LogP contribution is 2.40. The third kappa shape index (κ3) is 4.83. The van der Waals surface area contributed by atoms with Gasteiger partial charge in [0, 0.05) is 25.2 Å². The summed E-state index contributed by atoms with van der Waals surface area (Å²) in [5.41, 5.74) is 0.318. The van der Waals surface area contributed by atoms with Crippen LogP contribution in [-0.4, -0.2) is 61.5 Å². The highest BCUT2D eigenvalue weighted by Gasteiger charge is 2.40. The summed E-state index contributed by atoms with van der Waals surface area (Å²) in [7, 11) is -1.49. The van der Waals surface area contributed by atoms with Crippen LogP contribution in [0.1, 0.15) is 16.6 Å². The van der Waals surface area contributed by atoms with Crippen LogP contribution in [0.15, 0.2) is 41.8 Å². The molecule has 0 N–H and O–H groups in total. The summed E-state index contributed by atoms with van der Waals surface area (Å²) in [5, 5.41) is 11.3. The molecule has 2 heterocycles. The van der Waals surface area contributed by atoms with Gasteiger partial charge in [-0.1, -0.05) is 21.9 Å². The topological polar surface area (TPSA) is 132 Å². The number of rotatable bonds is 10. The first-order valence-corrected chi connectivity index (χ1v) is 11.2. The summed E-state index contributed by atoms with van der Waals surface area (Å²) in [6, 6.07) is 3.65. The molecule has 1 aliphatic heterocycles. The molecule has 0 saturated heterocycles. The molecule has 1 radical (unpaired) electrons. The maximum atomic E-state index is 13.4. The fourth-order valence-electron chi connectivity index (χ4n) is 3.02. The Kier molecular flexibility index (Phi) is 7.17. The van der Waals surface area contributed by atoms with Gasteiger partial charge < -0.3 is 14.3 Å². The van der Waals surface area contributed by atoms with Gasteiger partial charge in [0.05, 0.1) is 46.3 Å². The molecule has 11 nitrogen and oxygen atoms in total. The third-order valence-corrected chi connectivity index (χ3v) is 7.24. The van der Waals surface area contributed by atoms with Gasteiger partial charge in [0.25, 0.3) is 28.3 Å². The van der Waals surface area contributed by atoms with Gasteiger partial charge in [0.15, 0.2) is 0 Å². The second-order valence-electron chi connectivity index (χ2n) is 6.32. The van der Waals surface area contributed by atoms with Gasteiger partial charge in [0.2, 0.25) is 0 Å². The van der Waals surface area contributed by atoms with Crippen LogP contribution in [0.2, 0.25) is 0 Å². The zero-order chi connectivity index (χ0) is 22.6. The Hall–Kier alpha value is -2.65. The predicted octanol–water partition coefficient (Wildman–Crippen LogP) is 1.53. The van der Waals surface area contributed by atoms with E-state index in [4.69, 9.17) is 9.57 Å². The number of hydrogen-bond donors (Lipinski definition) is 0. The molecule has 2 aromatic rings. The van der Waals surface area contributed by atoms with Crippen LogP contribution >= 0.6 is 11.3 Å². The number of benzene rings is 1. The number of nitro benzene ring substituents is 1. The third-order valence-electron chi connectivity index (χ3n) is 4.37. The Morgan fingerprint density at radius 2 is 2.16 bits per heavy atom. The quantitative estimate of drug-likeness (QED) is 0.168. The van der Waals surface area contributed by atoms with Crippen molar-refractivity contribution in [1.29, 1.82) is 0 Å². The first kappa shape index (κ1) is 23.0. The molecule has 0 spiro atoms. The molecule has 3 rings (SSSR count). The van der Waals surface area contributed by atoms with Crippen LogP contribution in [0, 0.1) is 10.1 Å². The predicted molar refractivity (Wildman–Crippen MR) is 113 cm³/mol. The minimum Gasteiger partial charge on any atom is -0.473 e. The van der Waals surface area contributed by atoms with Crippen molar-refractivity contribution < 1.29 is 27.7 Å². The Bertz CT molecular complexity index is 1070. The van der Waals surface area contributed by atoms with Crippen LogP contribution in [0.4, 0.5) is 5.69 Å². The number of non-ortho nitro benzene ring substituents is 1. The lowest BCUT2D eigenvalue weighted by Crippen LogP contribution is -2.45. The van der Waals surface area contributed by atoms with Gasteiger partial charge in [-0.2, -0.15) is 0 Å². The van der Waals surface area contributed by atoms with Crippen LogP contribution in [0.25, 0.3) is 0 Å². The number of carbonyl (C=O) groups excluding carboxylic acids is 1. The summed E-state index contributed by atoms with van der Waals surface area (Å²) >= 11 is 1.18. The van der Waals surface area contributed by atoms with Crippen LogP contribution in [-0.2, 0) is 26.2 Å². The zero-order valence-corrected chi connectivity index (χ0v) is 18.0. The Morgan fingerprint density at radius 1 is 1.45 bits per heavy atom. The smallest absolute Gasteiger partial charge is 0.293 e. The summed E-state index contributed by atoms with van der Waals surface area (Å²) < 4.78 is 32.9. The van der Waals surface area contributed by atoms with Crippen molar-refractivity contribution in [2.24, 2.45) is 0 Å². The number of sulfonamides is 1. The maximum absolute atomic E-state index is 13.4. The van der Waals surface area contributed by atoms with Crippen LogP contribution in [0.5, 0.6) is 5.19 Å². The Balaban J connectivity index is 2.06. The highest BCUT2D eigenvalue weighted by atomic mass is 32.2. The Morgan fingerprint density at radius 3 is 2.74 bits per heavy atom. The molecule has 14 heteroatoms. The van der Waals surface area contributed by atoms with E-state index < -0.39 is 21.0 Å². The van der Waals surface area contributed by atoms with Crippen molar-refractivity contribution in [1.82, 2.24) is 14.3 Å². The lowest BCUT2D eigenvalue weighted by atomic mass is 9.91. The van der Waals surface area contributed by atoms with E-state index in [1.54, 1.807) is 4.81 Å². The van der Waals surface area contributed by atoms with Gasteiger partial charge in [-0.05, 0) is 12.1 Å². The fourth-order valence-corrected chi connectivity index (χ4v) is 5.45. The fraction of sp³-hybridized carbons (Fsp3) is 0.294. The molecule has 0 saturated carbocycles. The van der Waals surface area contributed by atoms with Gasteiger partial charge >= 0.3 is 0 Å². The SMILES string of the molecule is C=CCON(C1CN([B]C=O)Cc2nc(OC)sc21)S(=O)(=O)c1ccc([N+](=O)[O-])cc1. The number of hydroxylamine groups is 1. The number of thiazole rings is 1. The van der Waals surface area contributed by atoms with Crippen LogP contribution < -0.4 is 4.74 Å². The standard InChI is InChI=1S/C17H18BN4O7S2/c1-3-8-29-22(31(26,27)13-6-4-12(5-7-13)21(24)25)15-10-20(18-11-23)9-14-16(15)30-17(19-14)28-2/h3-7,11,15H,1,8-10H2,2H3. The van der Waals surface area contributed by atoms with E-state index in [-0.39, 0.29) is 23.7 Å². The molecule has 1 unspecified atom stereocenters. The number of fused-ring (bicyclic) bond motifs is 1. The first-order valence-electron chi connectivity index (χ1n) is 8.90. The van der Waals surface area contributed by atoms with E-state index in [1.807, 2.05) is 0 Å². The lowest BCUT2D eigenvalue weighted by molar-refractivity contribution is -0.384. The Labute approximate surface area is 183 Å². The average Bonchev–Trinajstić information content (AvgIpc) is 3.17. The minimum absolute atomic E-state index is 0.106. The number of methoxy groups -OCH3 is 1. The van der Waals surface area contributed by atoms with E-state index in [1.165, 1.54) is 31.9 Å². The van der Waals surface area contributed by atoms with Crippen molar-refractivity contribution in [2.75, 3.05) is 20.3 Å². The monoisotopic (exact) mass is 465 g/mol. The number of aromatic nitrogens is 1. The molecular weight excluding hydrogens is 447 g/mol. The van der Waals surface area contributed by atoms with Crippen molar-refractivity contribution in [2.45, 2.75) is 17.5 Å². The number of hydrogen-bond acceptors (Lipinski definition) is 10. The van der Waals surface area contributed by atoms with Gasteiger partial charge in [-0.15, -0.1) is 6.58 Å². The molecule has 0 bridgehead atoms. The van der Waals surface area contributed by atoms with E-state index >= 15 is 0 Å². The van der Waals surface area contributed by atoms with Crippen molar-refractivity contribution in [3.8, 4) is 5.19 Å². The summed E-state index contributed by atoms with van der Waals surface area (Å²) in [6.07, 6.45) is 2.00. The molecule has 1 aromatic carbocycles. The van der Waals surface area contributed by atoms with Crippen molar-refractivity contribution in [3.05, 3.63) is 57.6 Å². The highest BCUT2D eigenvalue weighted by molar-refractivity contribution is 7.89. The molecule has 163 valence electrons. The van der Waals surface area contributed by atoms with E-state index in [9.17, 15) is 23.3 Å². The number of ether oxygens (including phenoxy) is 1. The number of nitrogens with zero attached hydrogens (tertiary/aromatic N) is 4. The van der Waals surface area contributed by atoms with Gasteiger partial charge in [-0.25, -0.2) is 13.4 Å². The number of carbonyl (C=O) groups is 1. The molecule has 1 aliphatic rings. The molecular formula is C17H18BN4O7S2. The lowest BCUT2D eigenvalue weighted by Gasteiger charge is -2.36. The second kappa shape index (κ2) is 9.66. The van der Waals surface area contributed by atoms with Gasteiger partial charge in [0.1, 0.15) is 0 Å². The molecule has 0 aliphatic carbocycles. The second-order valence-corrected chi connectivity index (χ2v) is 9.10. The van der Waals surface area contributed by atoms with Crippen molar-refractivity contribution >= 4 is 40.6 Å². The van der Waals surface area contributed by atoms with Crippen LogP contribution in [0.3, 0.4) is 0 Å². The molecule has 0 amide bonds. The molecule has 1 aromatic heterocycles. The number of nitro groups is 1. The first-order chi connectivity index (χ1) is 14.8. The largest absolute Gasteiger partial charge is 0.473 e. The summed E-state index contributed by atoms with van der Waals surface area (Å²) in [6.45, 7) is 3.88. The summed E-state index contributed by atoms with van der Waals surface area (Å²) in [4.78, 5) is 33.3. The molecule has 0 fully saturated rings. The van der Waals surface area contributed by atoms with E-state index in [0.29, 0.717) is 28.5 Å². The summed E-state index contributed by atoms with van der Waals surface area (Å²) in [5.74, 6) is 0. The van der Waals surface area contributed by atoms with E-state index in [0.717, 1.165) is 28.7 Å². The van der Waals surface area contributed by atoms with Crippen molar-refractivity contribution in [3.63, 3.8) is 0 Å². The van der Waals surface area contributed by atoms with Gasteiger partial charge in [-0.3, -0.25) is 15.0 Å². The normalized spacial score (nSPS) is 16.5. The van der Waals surface area contributed by atoms with E-state index in [2.05, 4.69) is 11.6 Å². The zero-order valence-electron chi connectivity index (χ0n) is 16.4. The maximum Gasteiger partial charge on any atom is 0.293 e.